The van der Waals surface area contributed by atoms with E-state index < -0.39 is 23.8 Å². The van der Waals surface area contributed by atoms with Crippen LogP contribution in [0.4, 0.5) is 11.4 Å². The summed E-state index contributed by atoms with van der Waals surface area (Å²) in [5.74, 6) is -0.675. The molecule has 4 rings (SSSR count). The van der Waals surface area contributed by atoms with Crippen LogP contribution in [0, 0.1) is 0 Å². The fraction of sp³-hybridized carbons (Fsp3) is 0.154. The number of anilines is 2. The Morgan fingerprint density at radius 3 is 2.30 bits per heavy atom. The second kappa shape index (κ2) is 11.7. The second-order valence-electron chi connectivity index (χ2n) is 7.98. The van der Waals surface area contributed by atoms with Gasteiger partial charge in [-0.25, -0.2) is 5.01 Å². The zero-order valence-corrected chi connectivity index (χ0v) is 22.8. The fourth-order valence-electron chi connectivity index (χ4n) is 3.69. The lowest BCUT2D eigenvalue weighted by atomic mass is 10.1. The third-order valence-electron chi connectivity index (χ3n) is 5.46. The van der Waals surface area contributed by atoms with Crippen molar-refractivity contribution in [2.75, 3.05) is 16.8 Å². The van der Waals surface area contributed by atoms with E-state index in [9.17, 15) is 14.4 Å². The summed E-state index contributed by atoms with van der Waals surface area (Å²) >= 11 is 14.9. The molecule has 0 radical (unpaired) electrons. The van der Waals surface area contributed by atoms with Gasteiger partial charge in [0, 0.05) is 20.7 Å². The van der Waals surface area contributed by atoms with Crippen molar-refractivity contribution in [1.82, 2.24) is 10.4 Å². The molecule has 0 bridgehead atoms. The van der Waals surface area contributed by atoms with E-state index in [1.165, 1.54) is 9.91 Å². The Morgan fingerprint density at radius 1 is 1.03 bits per heavy atom. The smallest absolute Gasteiger partial charge is 0.269 e. The molecule has 1 aliphatic heterocycles. The number of nitrogens with one attached hydrogen (secondary N) is 2. The molecule has 11 heteroatoms. The van der Waals surface area contributed by atoms with Crippen LogP contribution in [0.3, 0.4) is 0 Å². The van der Waals surface area contributed by atoms with Gasteiger partial charge < -0.3 is 10.1 Å². The minimum atomic E-state index is -1.06. The van der Waals surface area contributed by atoms with Crippen molar-refractivity contribution in [3.8, 4) is 5.75 Å². The van der Waals surface area contributed by atoms with Gasteiger partial charge in [0.25, 0.3) is 11.8 Å². The Kier molecular flexibility index (Phi) is 8.42. The SMILES string of the molecule is CCOc1ccc(NC(=O)CC2C(=O)N(c3ccc(Cl)cc3)C(=S)N2NC(=O)c2ccc(Br)cc2)cc1. The Bertz CT molecular complexity index is 1320. The van der Waals surface area contributed by atoms with Gasteiger partial charge in [0.15, 0.2) is 0 Å². The third-order valence-corrected chi connectivity index (χ3v) is 6.62. The summed E-state index contributed by atoms with van der Waals surface area (Å²) in [5.41, 5.74) is 4.07. The number of amides is 3. The number of nitrogens with zero attached hydrogens (tertiary/aromatic N) is 2. The summed E-state index contributed by atoms with van der Waals surface area (Å²) in [6.45, 7) is 2.41. The summed E-state index contributed by atoms with van der Waals surface area (Å²) in [5, 5.41) is 4.57. The van der Waals surface area contributed by atoms with Crippen LogP contribution in [0.1, 0.15) is 23.7 Å². The van der Waals surface area contributed by atoms with E-state index in [2.05, 4.69) is 26.7 Å². The van der Waals surface area contributed by atoms with Crippen LogP contribution < -0.4 is 20.4 Å². The molecule has 3 aromatic rings. The predicted molar refractivity (Wildman–Crippen MR) is 150 cm³/mol. The van der Waals surface area contributed by atoms with E-state index in [1.807, 2.05) is 6.92 Å². The number of hydrogen-bond acceptors (Lipinski definition) is 5. The number of benzene rings is 3. The van der Waals surface area contributed by atoms with Gasteiger partial charge in [-0.3, -0.25) is 24.7 Å². The molecule has 37 heavy (non-hydrogen) atoms. The van der Waals surface area contributed by atoms with Gasteiger partial charge in [0.1, 0.15) is 11.8 Å². The first-order valence-electron chi connectivity index (χ1n) is 11.3. The predicted octanol–water partition coefficient (Wildman–Crippen LogP) is 5.18. The lowest BCUT2D eigenvalue weighted by Crippen LogP contribution is -2.49. The number of hydrazine groups is 1. The van der Waals surface area contributed by atoms with Gasteiger partial charge in [0.2, 0.25) is 11.0 Å². The summed E-state index contributed by atoms with van der Waals surface area (Å²) < 4.78 is 6.23. The second-order valence-corrected chi connectivity index (χ2v) is 9.69. The molecule has 1 heterocycles. The fourth-order valence-corrected chi connectivity index (χ4v) is 4.45. The van der Waals surface area contributed by atoms with Crippen molar-refractivity contribution in [3.05, 3.63) is 87.9 Å². The molecule has 2 N–H and O–H groups in total. The van der Waals surface area contributed by atoms with E-state index in [0.717, 1.165) is 4.47 Å². The van der Waals surface area contributed by atoms with Gasteiger partial charge >= 0.3 is 0 Å². The van der Waals surface area contributed by atoms with Gasteiger partial charge in [-0.15, -0.1) is 0 Å². The van der Waals surface area contributed by atoms with E-state index in [0.29, 0.717) is 34.3 Å². The molecule has 8 nitrogen and oxygen atoms in total. The number of ether oxygens (including phenoxy) is 1. The Balaban J connectivity index is 1.56. The molecule has 0 spiro atoms. The normalized spacial score (nSPS) is 15.1. The first kappa shape index (κ1) is 26.6. The monoisotopic (exact) mass is 600 g/mol. The van der Waals surface area contributed by atoms with Crippen LogP contribution in [0.25, 0.3) is 0 Å². The quantitative estimate of drug-likeness (QED) is 0.346. The summed E-state index contributed by atoms with van der Waals surface area (Å²) in [4.78, 5) is 40.7. The van der Waals surface area contributed by atoms with E-state index >= 15 is 0 Å². The molecule has 0 aliphatic carbocycles. The van der Waals surface area contributed by atoms with Crippen LogP contribution in [0.5, 0.6) is 5.75 Å². The summed E-state index contributed by atoms with van der Waals surface area (Å²) in [6.07, 6.45) is -0.253. The van der Waals surface area contributed by atoms with Crippen LogP contribution in [-0.2, 0) is 9.59 Å². The molecule has 3 aromatic carbocycles. The molecule has 1 aliphatic rings. The van der Waals surface area contributed by atoms with Crippen molar-refractivity contribution >= 4 is 74.0 Å². The lowest BCUT2D eigenvalue weighted by Gasteiger charge is -2.24. The highest BCUT2D eigenvalue weighted by molar-refractivity contribution is 9.10. The van der Waals surface area contributed by atoms with Crippen molar-refractivity contribution in [3.63, 3.8) is 0 Å². The molecular weight excluding hydrogens is 580 g/mol. The van der Waals surface area contributed by atoms with Gasteiger partial charge in [-0.2, -0.15) is 0 Å². The van der Waals surface area contributed by atoms with Gasteiger partial charge in [0.05, 0.1) is 18.7 Å². The van der Waals surface area contributed by atoms with Crippen LogP contribution >= 0.6 is 39.7 Å². The highest BCUT2D eigenvalue weighted by Gasteiger charge is 2.45. The van der Waals surface area contributed by atoms with Crippen LogP contribution in [0.15, 0.2) is 77.3 Å². The Labute approximate surface area is 232 Å². The molecule has 0 aromatic heterocycles. The number of halogens is 2. The Hall–Kier alpha value is -3.47. The molecule has 1 fully saturated rings. The largest absolute Gasteiger partial charge is 0.494 e. The van der Waals surface area contributed by atoms with E-state index in [1.54, 1.807) is 72.8 Å². The zero-order chi connectivity index (χ0) is 26.5. The molecular formula is C26H22BrClN4O4S. The maximum atomic E-state index is 13.5. The van der Waals surface area contributed by atoms with Crippen LogP contribution in [0.2, 0.25) is 5.02 Å². The molecule has 1 atom stereocenters. The zero-order valence-electron chi connectivity index (χ0n) is 19.6. The third kappa shape index (κ3) is 6.27. The average molecular weight is 602 g/mol. The minimum absolute atomic E-state index is 0.0386. The van der Waals surface area contributed by atoms with Crippen molar-refractivity contribution in [2.45, 2.75) is 19.4 Å². The number of rotatable bonds is 8. The maximum absolute atomic E-state index is 13.5. The summed E-state index contributed by atoms with van der Waals surface area (Å²) in [6, 6.07) is 19.1. The molecule has 0 saturated carbocycles. The Morgan fingerprint density at radius 2 is 1.68 bits per heavy atom. The average Bonchev–Trinajstić information content (AvgIpc) is 3.10. The number of thiocarbonyl (C=S) groups is 1. The van der Waals surface area contributed by atoms with E-state index in [-0.39, 0.29) is 11.5 Å². The van der Waals surface area contributed by atoms with Gasteiger partial charge in [-0.1, -0.05) is 27.5 Å². The molecule has 190 valence electrons. The molecule has 1 unspecified atom stereocenters. The maximum Gasteiger partial charge on any atom is 0.269 e. The highest BCUT2D eigenvalue weighted by Crippen LogP contribution is 2.28. The van der Waals surface area contributed by atoms with Crippen molar-refractivity contribution in [2.24, 2.45) is 0 Å². The number of carbonyl (C=O) groups excluding carboxylic acids is 3. The topological polar surface area (TPSA) is 91.0 Å². The standard InChI is InChI=1S/C26H22BrClN4O4S/c1-2-36-21-13-9-19(10-14-21)29-23(33)15-22-25(35)31(20-11-7-18(28)8-12-20)26(37)32(22)30-24(34)16-3-5-17(27)6-4-16/h3-14,22H,2,15H2,1H3,(H,29,33)(H,30,34). The van der Waals surface area contributed by atoms with Crippen molar-refractivity contribution < 1.29 is 19.1 Å². The molecule has 3 amide bonds. The minimum Gasteiger partial charge on any atom is -0.494 e. The lowest BCUT2D eigenvalue weighted by molar-refractivity contribution is -0.124. The first-order chi connectivity index (χ1) is 17.8. The van der Waals surface area contributed by atoms with Crippen LogP contribution in [-0.4, -0.2) is 40.5 Å². The van der Waals surface area contributed by atoms with Crippen molar-refractivity contribution in [1.29, 1.82) is 0 Å². The molecule has 1 saturated heterocycles. The van der Waals surface area contributed by atoms with Gasteiger partial charge in [-0.05, 0) is 91.9 Å². The first-order valence-corrected chi connectivity index (χ1v) is 12.9. The van der Waals surface area contributed by atoms with E-state index in [4.69, 9.17) is 28.6 Å². The highest BCUT2D eigenvalue weighted by atomic mass is 79.9. The summed E-state index contributed by atoms with van der Waals surface area (Å²) in [7, 11) is 0. The number of hydrogen-bond donors (Lipinski definition) is 2. The number of carbonyl (C=O) groups is 3.